The molecule has 3 atom stereocenters. The van der Waals surface area contributed by atoms with Crippen LogP contribution in [-0.2, 0) is 16.1 Å². The summed E-state index contributed by atoms with van der Waals surface area (Å²) in [6.07, 6.45) is 1.43. The van der Waals surface area contributed by atoms with Crippen molar-refractivity contribution in [3.63, 3.8) is 0 Å². The fraction of sp³-hybridized carbons (Fsp3) is 0.292. The maximum atomic E-state index is 12.8. The summed E-state index contributed by atoms with van der Waals surface area (Å²) in [5.41, 5.74) is 2.67. The highest BCUT2D eigenvalue weighted by atomic mass is 16.3. The van der Waals surface area contributed by atoms with Gasteiger partial charge in [0.2, 0.25) is 0 Å². The largest absolute Gasteiger partial charge is 0.380 e. The van der Waals surface area contributed by atoms with Crippen LogP contribution in [0.4, 0.5) is 0 Å². The van der Waals surface area contributed by atoms with Gasteiger partial charge in [-0.1, -0.05) is 42.5 Å². The van der Waals surface area contributed by atoms with Crippen LogP contribution in [0.2, 0.25) is 0 Å². The number of aromatic nitrogens is 2. The van der Waals surface area contributed by atoms with Gasteiger partial charge in [0, 0.05) is 25.5 Å². The Morgan fingerprint density at radius 2 is 1.78 bits per heavy atom. The van der Waals surface area contributed by atoms with E-state index < -0.39 is 24.0 Å². The van der Waals surface area contributed by atoms with E-state index in [0.717, 1.165) is 29.7 Å². The van der Waals surface area contributed by atoms with Crippen molar-refractivity contribution in [2.75, 3.05) is 6.54 Å². The van der Waals surface area contributed by atoms with Crippen molar-refractivity contribution >= 4 is 11.8 Å². The van der Waals surface area contributed by atoms with Gasteiger partial charge in [-0.15, -0.1) is 0 Å². The summed E-state index contributed by atoms with van der Waals surface area (Å²) >= 11 is 0. The smallest absolute Gasteiger partial charge is 0.255 e. The summed E-state index contributed by atoms with van der Waals surface area (Å²) < 4.78 is 1.72. The topological polar surface area (TPSA) is 108 Å². The van der Waals surface area contributed by atoms with Gasteiger partial charge in [-0.25, -0.2) is 4.68 Å². The molecule has 3 N–H and O–H groups in total. The van der Waals surface area contributed by atoms with Crippen LogP contribution in [0.5, 0.6) is 0 Å². The first kappa shape index (κ1) is 21.7. The molecule has 0 spiro atoms. The molecule has 2 heterocycles. The third-order valence-corrected chi connectivity index (χ3v) is 5.71. The van der Waals surface area contributed by atoms with Crippen LogP contribution in [0.3, 0.4) is 0 Å². The molecule has 1 aromatic heterocycles. The van der Waals surface area contributed by atoms with E-state index in [2.05, 4.69) is 10.4 Å². The summed E-state index contributed by atoms with van der Waals surface area (Å²) in [7, 11) is 0. The number of hydrogen-bond acceptors (Lipinski definition) is 5. The van der Waals surface area contributed by atoms with Gasteiger partial charge < -0.3 is 20.4 Å². The van der Waals surface area contributed by atoms with E-state index in [-0.39, 0.29) is 12.6 Å². The first-order valence-electron chi connectivity index (χ1n) is 10.6. The highest BCUT2D eigenvalue weighted by Gasteiger charge is 2.38. The minimum absolute atomic E-state index is 0.159. The zero-order valence-corrected chi connectivity index (χ0v) is 17.5. The molecule has 0 saturated carbocycles. The fourth-order valence-electron chi connectivity index (χ4n) is 3.98. The van der Waals surface area contributed by atoms with Crippen molar-refractivity contribution < 1.29 is 19.8 Å². The van der Waals surface area contributed by atoms with E-state index in [1.54, 1.807) is 15.8 Å². The fourth-order valence-corrected chi connectivity index (χ4v) is 3.98. The first-order chi connectivity index (χ1) is 15.5. The maximum Gasteiger partial charge on any atom is 0.255 e. The van der Waals surface area contributed by atoms with E-state index >= 15 is 0 Å². The number of carbonyl (C=O) groups excluding carboxylic acids is 2. The Kier molecular flexibility index (Phi) is 6.63. The van der Waals surface area contributed by atoms with Crippen LogP contribution >= 0.6 is 0 Å². The molecule has 1 saturated heterocycles. The monoisotopic (exact) mass is 434 g/mol. The third kappa shape index (κ3) is 4.71. The zero-order chi connectivity index (χ0) is 22.5. The Hall–Kier alpha value is -3.49. The first-order valence-corrected chi connectivity index (χ1v) is 10.6. The molecule has 166 valence electrons. The minimum atomic E-state index is -1.84. The number of amides is 2. The summed E-state index contributed by atoms with van der Waals surface area (Å²) in [6, 6.07) is 18.6. The summed E-state index contributed by atoms with van der Waals surface area (Å²) in [6.45, 7) is 0.638. The lowest BCUT2D eigenvalue weighted by Crippen LogP contribution is -2.50. The van der Waals surface area contributed by atoms with Crippen molar-refractivity contribution in [1.29, 1.82) is 0 Å². The third-order valence-electron chi connectivity index (χ3n) is 5.71. The van der Waals surface area contributed by atoms with E-state index in [4.69, 9.17) is 0 Å². The van der Waals surface area contributed by atoms with Gasteiger partial charge >= 0.3 is 0 Å². The van der Waals surface area contributed by atoms with Crippen molar-refractivity contribution in [3.8, 4) is 5.69 Å². The van der Waals surface area contributed by atoms with Crippen molar-refractivity contribution in [2.45, 2.75) is 37.6 Å². The van der Waals surface area contributed by atoms with Gasteiger partial charge in [-0.3, -0.25) is 9.59 Å². The molecule has 0 aliphatic carbocycles. The van der Waals surface area contributed by atoms with Gasteiger partial charge in [-0.2, -0.15) is 5.10 Å². The lowest BCUT2D eigenvalue weighted by molar-refractivity contribution is -0.153. The number of carbonyl (C=O) groups is 2. The Bertz CT molecular complexity index is 1040. The molecular weight excluding hydrogens is 408 g/mol. The number of nitrogens with one attached hydrogen (secondary N) is 1. The molecule has 2 amide bonds. The van der Waals surface area contributed by atoms with Gasteiger partial charge in [0.15, 0.2) is 12.2 Å². The predicted molar refractivity (Wildman–Crippen MR) is 118 cm³/mol. The standard InChI is InChI=1S/C24H26N4O4/c29-21(22(30)24(32)27-14-4-8-20(27)18-6-2-1-3-7-18)23(31)25-16-17-9-11-19(12-10-17)28-15-5-13-26-28/h1-3,5-7,9-13,15,20-22,29-30H,4,8,14,16H2,(H,25,31). The van der Waals surface area contributed by atoms with Crippen molar-refractivity contribution in [2.24, 2.45) is 0 Å². The van der Waals surface area contributed by atoms with E-state index in [1.165, 1.54) is 0 Å². The van der Waals surface area contributed by atoms with E-state index in [0.29, 0.717) is 6.54 Å². The number of nitrogens with zero attached hydrogens (tertiary/aromatic N) is 3. The average Bonchev–Trinajstić information content (AvgIpc) is 3.54. The van der Waals surface area contributed by atoms with E-state index in [9.17, 15) is 19.8 Å². The average molecular weight is 434 g/mol. The molecule has 0 radical (unpaired) electrons. The molecule has 8 nitrogen and oxygen atoms in total. The quantitative estimate of drug-likeness (QED) is 0.523. The molecule has 0 bridgehead atoms. The second-order valence-corrected chi connectivity index (χ2v) is 7.82. The predicted octanol–water partition coefficient (Wildman–Crippen LogP) is 1.57. The van der Waals surface area contributed by atoms with Crippen molar-refractivity contribution in [3.05, 3.63) is 84.2 Å². The Balaban J connectivity index is 1.33. The molecule has 8 heteroatoms. The molecule has 2 aromatic carbocycles. The number of likely N-dealkylation sites (tertiary alicyclic amines) is 1. The van der Waals surface area contributed by atoms with Crippen LogP contribution in [0.1, 0.15) is 30.0 Å². The van der Waals surface area contributed by atoms with Gasteiger partial charge in [-0.05, 0) is 42.2 Å². The number of rotatable bonds is 7. The zero-order valence-electron chi connectivity index (χ0n) is 17.5. The molecule has 1 aliphatic rings. The van der Waals surface area contributed by atoms with E-state index in [1.807, 2.05) is 66.9 Å². The van der Waals surface area contributed by atoms with Crippen LogP contribution < -0.4 is 5.32 Å². The van der Waals surface area contributed by atoms with Gasteiger partial charge in [0.1, 0.15) is 0 Å². The van der Waals surface area contributed by atoms with Crippen LogP contribution in [0, 0.1) is 0 Å². The Morgan fingerprint density at radius 3 is 2.47 bits per heavy atom. The molecule has 3 aromatic rings. The lowest BCUT2D eigenvalue weighted by atomic mass is 10.0. The minimum Gasteiger partial charge on any atom is -0.380 e. The Morgan fingerprint density at radius 1 is 1.03 bits per heavy atom. The summed E-state index contributed by atoms with van der Waals surface area (Å²) in [5, 5.41) is 27.4. The molecule has 1 fully saturated rings. The SMILES string of the molecule is O=C(NCc1ccc(-n2cccn2)cc1)C(O)C(O)C(=O)N1CCCC1c1ccccc1. The van der Waals surface area contributed by atoms with Crippen LogP contribution in [-0.4, -0.2) is 55.5 Å². The van der Waals surface area contributed by atoms with Gasteiger partial charge in [0.25, 0.3) is 11.8 Å². The maximum absolute atomic E-state index is 12.8. The lowest BCUT2D eigenvalue weighted by Gasteiger charge is -2.28. The van der Waals surface area contributed by atoms with Crippen LogP contribution in [0.15, 0.2) is 73.1 Å². The van der Waals surface area contributed by atoms with Crippen molar-refractivity contribution in [1.82, 2.24) is 20.0 Å². The normalized spacial score (nSPS) is 17.7. The number of hydrogen-bond donors (Lipinski definition) is 3. The molecule has 32 heavy (non-hydrogen) atoms. The highest BCUT2D eigenvalue weighted by molar-refractivity contribution is 5.91. The Labute approximate surface area is 186 Å². The number of benzene rings is 2. The number of aliphatic hydroxyl groups excluding tert-OH is 2. The van der Waals surface area contributed by atoms with Gasteiger partial charge in [0.05, 0.1) is 11.7 Å². The molecule has 3 unspecified atom stereocenters. The highest BCUT2D eigenvalue weighted by Crippen LogP contribution is 2.32. The molecule has 1 aliphatic heterocycles. The molecule has 4 rings (SSSR count). The van der Waals surface area contributed by atoms with Crippen LogP contribution in [0.25, 0.3) is 5.69 Å². The number of aliphatic hydroxyl groups is 2. The second-order valence-electron chi connectivity index (χ2n) is 7.82. The summed E-state index contributed by atoms with van der Waals surface area (Å²) in [4.78, 5) is 26.7. The summed E-state index contributed by atoms with van der Waals surface area (Å²) in [5.74, 6) is -1.43. The second kappa shape index (κ2) is 9.76. The molecular formula is C24H26N4O4.